The van der Waals surface area contributed by atoms with Crippen LogP contribution in [0.1, 0.15) is 51.9 Å². The summed E-state index contributed by atoms with van der Waals surface area (Å²) >= 11 is 1.94. The van der Waals surface area contributed by atoms with E-state index in [4.69, 9.17) is 0 Å². The molecule has 1 rings (SSSR count). The zero-order valence-electron chi connectivity index (χ0n) is 10.4. The highest BCUT2D eigenvalue weighted by Gasteiger charge is 2.23. The van der Waals surface area contributed by atoms with Gasteiger partial charge in [0.05, 0.1) is 0 Å². The maximum atomic E-state index is 4.24. The van der Waals surface area contributed by atoms with Gasteiger partial charge in [0.15, 0.2) is 0 Å². The molecule has 1 aliphatic carbocycles. The quantitative estimate of drug-likeness (QED) is 0.580. The van der Waals surface area contributed by atoms with Crippen molar-refractivity contribution in [3.8, 4) is 0 Å². The van der Waals surface area contributed by atoms with Crippen molar-refractivity contribution in [1.29, 1.82) is 0 Å². The SMILES string of the molecule is C=C(CCSC)CC1CCCCC1CC. The van der Waals surface area contributed by atoms with Gasteiger partial charge in [-0.2, -0.15) is 11.8 Å². The fourth-order valence-electron chi connectivity index (χ4n) is 2.81. The third-order valence-electron chi connectivity index (χ3n) is 3.80. The molecular formula is C14H26S. The average molecular weight is 226 g/mol. The van der Waals surface area contributed by atoms with Crippen LogP contribution >= 0.6 is 11.8 Å². The normalized spacial score (nSPS) is 26.5. The largest absolute Gasteiger partial charge is 0.165 e. The highest BCUT2D eigenvalue weighted by atomic mass is 32.2. The molecule has 0 N–H and O–H groups in total. The molecule has 88 valence electrons. The van der Waals surface area contributed by atoms with Gasteiger partial charge in [0, 0.05) is 0 Å². The first-order valence-corrected chi connectivity index (χ1v) is 7.82. The van der Waals surface area contributed by atoms with Crippen molar-refractivity contribution in [2.75, 3.05) is 12.0 Å². The van der Waals surface area contributed by atoms with Crippen LogP contribution in [0.25, 0.3) is 0 Å². The van der Waals surface area contributed by atoms with Crippen molar-refractivity contribution in [1.82, 2.24) is 0 Å². The summed E-state index contributed by atoms with van der Waals surface area (Å²) in [7, 11) is 0. The average Bonchev–Trinajstić information content (AvgIpc) is 2.27. The fourth-order valence-corrected chi connectivity index (χ4v) is 3.30. The Balaban J connectivity index is 2.30. The van der Waals surface area contributed by atoms with E-state index in [0.29, 0.717) is 0 Å². The molecule has 0 aliphatic heterocycles. The molecule has 0 heterocycles. The molecule has 2 atom stereocenters. The van der Waals surface area contributed by atoms with Gasteiger partial charge in [0.25, 0.3) is 0 Å². The van der Waals surface area contributed by atoms with Crippen LogP contribution in [0.4, 0.5) is 0 Å². The summed E-state index contributed by atoms with van der Waals surface area (Å²) < 4.78 is 0. The van der Waals surface area contributed by atoms with Crippen LogP contribution in [0.3, 0.4) is 0 Å². The Morgan fingerprint density at radius 3 is 2.53 bits per heavy atom. The summed E-state index contributed by atoms with van der Waals surface area (Å²) in [5.41, 5.74) is 1.50. The minimum atomic E-state index is 0.957. The molecule has 0 nitrogen and oxygen atoms in total. The number of rotatable bonds is 6. The molecule has 0 radical (unpaired) electrons. The van der Waals surface area contributed by atoms with Gasteiger partial charge >= 0.3 is 0 Å². The van der Waals surface area contributed by atoms with Crippen molar-refractivity contribution >= 4 is 11.8 Å². The van der Waals surface area contributed by atoms with Crippen LogP contribution in [0, 0.1) is 11.8 Å². The van der Waals surface area contributed by atoms with Crippen molar-refractivity contribution in [3.63, 3.8) is 0 Å². The molecule has 15 heavy (non-hydrogen) atoms. The predicted octanol–water partition coefficient (Wildman–Crippen LogP) is 4.90. The summed E-state index contributed by atoms with van der Waals surface area (Å²) in [5, 5.41) is 0. The van der Waals surface area contributed by atoms with Crippen molar-refractivity contribution < 1.29 is 0 Å². The third-order valence-corrected chi connectivity index (χ3v) is 4.41. The van der Waals surface area contributed by atoms with E-state index in [-0.39, 0.29) is 0 Å². The van der Waals surface area contributed by atoms with Crippen LogP contribution in [0.2, 0.25) is 0 Å². The maximum Gasteiger partial charge on any atom is -0.00331 e. The molecule has 1 saturated carbocycles. The molecule has 1 aliphatic rings. The van der Waals surface area contributed by atoms with Crippen LogP contribution in [0.15, 0.2) is 12.2 Å². The van der Waals surface area contributed by atoms with E-state index in [0.717, 1.165) is 11.8 Å². The minimum absolute atomic E-state index is 0.957. The van der Waals surface area contributed by atoms with E-state index in [2.05, 4.69) is 19.8 Å². The molecule has 0 aromatic heterocycles. The van der Waals surface area contributed by atoms with E-state index < -0.39 is 0 Å². The predicted molar refractivity (Wildman–Crippen MR) is 72.5 cm³/mol. The van der Waals surface area contributed by atoms with E-state index in [1.54, 1.807) is 0 Å². The Kier molecular flexibility index (Phi) is 6.47. The minimum Gasteiger partial charge on any atom is -0.165 e. The summed E-state index contributed by atoms with van der Waals surface area (Å²) in [4.78, 5) is 0. The Hall–Kier alpha value is 0.0900. The van der Waals surface area contributed by atoms with Gasteiger partial charge in [-0.25, -0.2) is 0 Å². The molecular weight excluding hydrogens is 200 g/mol. The van der Waals surface area contributed by atoms with Gasteiger partial charge in [-0.05, 0) is 43.1 Å². The van der Waals surface area contributed by atoms with Gasteiger partial charge in [-0.1, -0.05) is 44.8 Å². The number of allylic oxidation sites excluding steroid dienone is 1. The summed E-state index contributed by atoms with van der Waals surface area (Å²) in [6, 6.07) is 0. The Morgan fingerprint density at radius 1 is 1.27 bits per heavy atom. The first-order chi connectivity index (χ1) is 7.27. The zero-order chi connectivity index (χ0) is 11.1. The zero-order valence-corrected chi connectivity index (χ0v) is 11.2. The standard InChI is InChI=1S/C14H26S/c1-4-13-7-5-6-8-14(13)11-12(2)9-10-15-3/h13-14H,2,4-11H2,1,3H3. The summed E-state index contributed by atoms with van der Waals surface area (Å²) in [6.45, 7) is 6.60. The number of thioether (sulfide) groups is 1. The molecule has 0 saturated heterocycles. The lowest BCUT2D eigenvalue weighted by molar-refractivity contribution is 0.228. The highest BCUT2D eigenvalue weighted by molar-refractivity contribution is 7.98. The van der Waals surface area contributed by atoms with Crippen LogP contribution in [-0.2, 0) is 0 Å². The van der Waals surface area contributed by atoms with Crippen molar-refractivity contribution in [3.05, 3.63) is 12.2 Å². The lowest BCUT2D eigenvalue weighted by Gasteiger charge is -2.31. The topological polar surface area (TPSA) is 0 Å². The van der Waals surface area contributed by atoms with E-state index in [9.17, 15) is 0 Å². The summed E-state index contributed by atoms with van der Waals surface area (Å²) in [6.07, 6.45) is 11.9. The van der Waals surface area contributed by atoms with Gasteiger partial charge < -0.3 is 0 Å². The molecule has 0 spiro atoms. The molecule has 0 amide bonds. The second-order valence-electron chi connectivity index (χ2n) is 4.91. The lowest BCUT2D eigenvalue weighted by atomic mass is 9.75. The van der Waals surface area contributed by atoms with E-state index in [1.807, 2.05) is 11.8 Å². The Labute approximate surface area is 99.9 Å². The molecule has 0 aromatic rings. The van der Waals surface area contributed by atoms with Crippen LogP contribution < -0.4 is 0 Å². The lowest BCUT2D eigenvalue weighted by Crippen LogP contribution is -2.19. The number of hydrogen-bond donors (Lipinski definition) is 0. The van der Waals surface area contributed by atoms with E-state index in [1.165, 1.54) is 56.3 Å². The number of hydrogen-bond acceptors (Lipinski definition) is 1. The van der Waals surface area contributed by atoms with Gasteiger partial charge in [-0.3, -0.25) is 0 Å². The molecule has 2 unspecified atom stereocenters. The second-order valence-corrected chi connectivity index (χ2v) is 5.90. The highest BCUT2D eigenvalue weighted by Crippen LogP contribution is 2.36. The van der Waals surface area contributed by atoms with Crippen molar-refractivity contribution in [2.24, 2.45) is 11.8 Å². The van der Waals surface area contributed by atoms with E-state index >= 15 is 0 Å². The maximum absolute atomic E-state index is 4.24. The van der Waals surface area contributed by atoms with Gasteiger partial charge in [0.1, 0.15) is 0 Å². The van der Waals surface area contributed by atoms with Crippen molar-refractivity contribution in [2.45, 2.75) is 51.9 Å². The van der Waals surface area contributed by atoms with Crippen LogP contribution in [0.5, 0.6) is 0 Å². The fraction of sp³-hybridized carbons (Fsp3) is 0.857. The molecule has 0 bridgehead atoms. The smallest absolute Gasteiger partial charge is 0.00331 e. The first-order valence-electron chi connectivity index (χ1n) is 6.43. The van der Waals surface area contributed by atoms with Gasteiger partial charge in [0.2, 0.25) is 0 Å². The van der Waals surface area contributed by atoms with Crippen LogP contribution in [-0.4, -0.2) is 12.0 Å². The Morgan fingerprint density at radius 2 is 1.93 bits per heavy atom. The monoisotopic (exact) mass is 226 g/mol. The third kappa shape index (κ3) is 4.63. The first kappa shape index (κ1) is 13.2. The van der Waals surface area contributed by atoms with Gasteiger partial charge in [-0.15, -0.1) is 0 Å². The second kappa shape index (κ2) is 7.38. The molecule has 1 fully saturated rings. The molecule has 1 heteroatoms. The summed E-state index contributed by atoms with van der Waals surface area (Å²) in [5.74, 6) is 3.20. The molecule has 0 aromatic carbocycles. The Bertz CT molecular complexity index is 186.